The normalized spacial score (nSPS) is 15.5. The number of imide groups is 1. The summed E-state index contributed by atoms with van der Waals surface area (Å²) in [4.78, 5) is 49.4. The molecule has 132 valence electrons. The van der Waals surface area contributed by atoms with E-state index in [2.05, 4.69) is 20.3 Å². The van der Waals surface area contributed by atoms with E-state index in [0.717, 1.165) is 22.2 Å². The van der Waals surface area contributed by atoms with Crippen molar-refractivity contribution in [2.45, 2.75) is 0 Å². The molecule has 0 bridgehead atoms. The number of rotatable bonds is 5. The summed E-state index contributed by atoms with van der Waals surface area (Å²) in [7, 11) is 0. The van der Waals surface area contributed by atoms with Gasteiger partial charge >= 0.3 is 0 Å². The minimum absolute atomic E-state index is 0.00175. The molecule has 2 aromatic heterocycles. The molecule has 0 radical (unpaired) electrons. The first-order chi connectivity index (χ1) is 12.6. The largest absolute Gasteiger partial charge is 0.382 e. The number of nitrogen functional groups attached to an aromatic ring is 1. The molecule has 0 aromatic carbocycles. The SMILES string of the molecule is Nc1nccnc1C(=O)NCCN1C(=O)S/C(=C\c2cccnc2)C1=O. The Morgan fingerprint density at radius 1 is 1.27 bits per heavy atom. The van der Waals surface area contributed by atoms with E-state index in [1.165, 1.54) is 12.4 Å². The van der Waals surface area contributed by atoms with Crippen LogP contribution in [0.2, 0.25) is 0 Å². The molecule has 0 unspecified atom stereocenters. The number of aromatic nitrogens is 3. The third-order valence-corrected chi connectivity index (χ3v) is 4.33. The number of nitrogens with two attached hydrogens (primary N) is 1. The molecule has 1 saturated heterocycles. The minimum atomic E-state index is -0.520. The molecule has 0 aliphatic carbocycles. The molecule has 2 aromatic rings. The van der Waals surface area contributed by atoms with E-state index in [4.69, 9.17) is 5.73 Å². The number of thioether (sulfide) groups is 1. The first kappa shape index (κ1) is 17.5. The minimum Gasteiger partial charge on any atom is -0.382 e. The molecule has 0 saturated carbocycles. The van der Waals surface area contributed by atoms with Gasteiger partial charge in [-0.1, -0.05) is 6.07 Å². The van der Waals surface area contributed by atoms with Gasteiger partial charge in [-0.3, -0.25) is 24.3 Å². The Bertz CT molecular complexity index is 887. The predicted molar refractivity (Wildman–Crippen MR) is 95.7 cm³/mol. The first-order valence-corrected chi connectivity index (χ1v) is 8.38. The van der Waals surface area contributed by atoms with Crippen molar-refractivity contribution in [1.82, 2.24) is 25.2 Å². The van der Waals surface area contributed by atoms with Gasteiger partial charge in [-0.2, -0.15) is 0 Å². The molecule has 3 rings (SSSR count). The highest BCUT2D eigenvalue weighted by molar-refractivity contribution is 8.18. The average Bonchev–Trinajstić information content (AvgIpc) is 2.90. The molecule has 0 atom stereocenters. The summed E-state index contributed by atoms with van der Waals surface area (Å²) in [6.07, 6.45) is 7.55. The standard InChI is InChI=1S/C16H14N6O3S/c17-13-12(19-4-5-20-13)14(23)21-6-7-22-15(24)11(26-16(22)25)8-10-2-1-3-18-9-10/h1-5,8-9H,6-7H2,(H2,17,20)(H,21,23)/b11-8-. The molecule has 9 nitrogen and oxygen atoms in total. The molecule has 3 amide bonds. The van der Waals surface area contributed by atoms with Gasteiger partial charge in [0.2, 0.25) is 0 Å². The second kappa shape index (κ2) is 7.74. The Labute approximate surface area is 152 Å². The summed E-state index contributed by atoms with van der Waals surface area (Å²) in [5.41, 5.74) is 6.31. The van der Waals surface area contributed by atoms with Gasteiger partial charge in [0.25, 0.3) is 17.1 Å². The van der Waals surface area contributed by atoms with Gasteiger partial charge in [-0.15, -0.1) is 0 Å². The van der Waals surface area contributed by atoms with Crippen molar-refractivity contribution in [3.8, 4) is 0 Å². The van der Waals surface area contributed by atoms with Crippen LogP contribution in [0.4, 0.5) is 10.6 Å². The average molecular weight is 370 g/mol. The van der Waals surface area contributed by atoms with Crippen molar-refractivity contribution in [2.24, 2.45) is 0 Å². The van der Waals surface area contributed by atoms with Gasteiger partial charge in [-0.25, -0.2) is 9.97 Å². The zero-order chi connectivity index (χ0) is 18.5. The summed E-state index contributed by atoms with van der Waals surface area (Å²) in [5.74, 6) is -0.916. The number of pyridine rings is 1. The predicted octanol–water partition coefficient (Wildman–Crippen LogP) is 0.920. The Morgan fingerprint density at radius 3 is 2.81 bits per heavy atom. The molecular formula is C16H14N6O3S. The van der Waals surface area contributed by atoms with E-state index in [9.17, 15) is 14.4 Å². The number of carbonyl (C=O) groups excluding carboxylic acids is 3. The highest BCUT2D eigenvalue weighted by Gasteiger charge is 2.34. The molecule has 1 fully saturated rings. The molecule has 3 heterocycles. The maximum Gasteiger partial charge on any atom is 0.293 e. The van der Waals surface area contributed by atoms with Crippen molar-refractivity contribution in [1.29, 1.82) is 0 Å². The Balaban J connectivity index is 1.59. The highest BCUT2D eigenvalue weighted by atomic mass is 32.2. The molecule has 0 spiro atoms. The van der Waals surface area contributed by atoms with Crippen LogP contribution in [0.25, 0.3) is 6.08 Å². The van der Waals surface area contributed by atoms with Crippen LogP contribution in [-0.4, -0.2) is 50.0 Å². The van der Waals surface area contributed by atoms with E-state index in [0.29, 0.717) is 4.91 Å². The van der Waals surface area contributed by atoms with Crippen LogP contribution in [0, 0.1) is 0 Å². The van der Waals surface area contributed by atoms with Crippen molar-refractivity contribution in [3.63, 3.8) is 0 Å². The van der Waals surface area contributed by atoms with Crippen LogP contribution in [0.1, 0.15) is 16.1 Å². The Kier molecular flexibility index (Phi) is 5.23. The third kappa shape index (κ3) is 3.86. The lowest BCUT2D eigenvalue weighted by Crippen LogP contribution is -2.37. The number of anilines is 1. The monoisotopic (exact) mass is 370 g/mol. The van der Waals surface area contributed by atoms with E-state index in [1.807, 2.05) is 0 Å². The van der Waals surface area contributed by atoms with Crippen molar-refractivity contribution < 1.29 is 14.4 Å². The lowest BCUT2D eigenvalue weighted by molar-refractivity contribution is -0.122. The van der Waals surface area contributed by atoms with Gasteiger partial charge in [0.15, 0.2) is 11.5 Å². The fraction of sp³-hybridized carbons (Fsp3) is 0.125. The van der Waals surface area contributed by atoms with Gasteiger partial charge in [-0.05, 0) is 29.5 Å². The fourth-order valence-electron chi connectivity index (χ4n) is 2.19. The summed E-state index contributed by atoms with van der Waals surface area (Å²) in [6.45, 7) is 0.119. The van der Waals surface area contributed by atoms with Gasteiger partial charge in [0.05, 0.1) is 4.91 Å². The van der Waals surface area contributed by atoms with Gasteiger partial charge < -0.3 is 11.1 Å². The molecular weight excluding hydrogens is 356 g/mol. The third-order valence-electron chi connectivity index (χ3n) is 3.42. The maximum absolute atomic E-state index is 12.4. The van der Waals surface area contributed by atoms with Crippen LogP contribution in [0.15, 0.2) is 41.8 Å². The van der Waals surface area contributed by atoms with Crippen molar-refractivity contribution in [2.75, 3.05) is 18.8 Å². The zero-order valence-electron chi connectivity index (χ0n) is 13.5. The van der Waals surface area contributed by atoms with E-state index >= 15 is 0 Å². The molecule has 1 aliphatic rings. The highest BCUT2D eigenvalue weighted by Crippen LogP contribution is 2.31. The van der Waals surface area contributed by atoms with Crippen LogP contribution >= 0.6 is 11.8 Å². The lowest BCUT2D eigenvalue weighted by atomic mass is 10.2. The molecule has 1 aliphatic heterocycles. The van der Waals surface area contributed by atoms with E-state index < -0.39 is 17.1 Å². The van der Waals surface area contributed by atoms with Crippen LogP contribution < -0.4 is 11.1 Å². The fourth-order valence-corrected chi connectivity index (χ4v) is 3.06. The van der Waals surface area contributed by atoms with Crippen molar-refractivity contribution >= 4 is 40.7 Å². The van der Waals surface area contributed by atoms with Crippen LogP contribution in [0.3, 0.4) is 0 Å². The summed E-state index contributed by atoms with van der Waals surface area (Å²) < 4.78 is 0. The lowest BCUT2D eigenvalue weighted by Gasteiger charge is -2.13. The van der Waals surface area contributed by atoms with Gasteiger partial charge in [0.1, 0.15) is 0 Å². The number of hydrogen-bond acceptors (Lipinski definition) is 8. The number of amides is 3. The number of nitrogens with one attached hydrogen (secondary N) is 1. The Morgan fingerprint density at radius 2 is 2.08 bits per heavy atom. The molecule has 26 heavy (non-hydrogen) atoms. The number of hydrogen-bond donors (Lipinski definition) is 2. The quantitative estimate of drug-likeness (QED) is 0.743. The summed E-state index contributed by atoms with van der Waals surface area (Å²) in [6, 6.07) is 3.52. The van der Waals surface area contributed by atoms with E-state index in [-0.39, 0.29) is 24.6 Å². The molecule has 3 N–H and O–H groups in total. The van der Waals surface area contributed by atoms with Crippen LogP contribution in [-0.2, 0) is 4.79 Å². The van der Waals surface area contributed by atoms with Crippen LogP contribution in [0.5, 0.6) is 0 Å². The first-order valence-electron chi connectivity index (χ1n) is 7.56. The smallest absolute Gasteiger partial charge is 0.293 e. The molecule has 10 heteroatoms. The summed E-state index contributed by atoms with van der Waals surface area (Å²) >= 11 is 0.850. The second-order valence-electron chi connectivity index (χ2n) is 5.17. The second-order valence-corrected chi connectivity index (χ2v) is 6.16. The van der Waals surface area contributed by atoms with Gasteiger partial charge in [0, 0.05) is 37.9 Å². The number of carbonyl (C=O) groups is 3. The Hall–Kier alpha value is -3.27. The maximum atomic E-state index is 12.4. The summed E-state index contributed by atoms with van der Waals surface area (Å²) in [5, 5.41) is 2.18. The van der Waals surface area contributed by atoms with E-state index in [1.54, 1.807) is 30.6 Å². The van der Waals surface area contributed by atoms with Crippen molar-refractivity contribution in [3.05, 3.63) is 53.1 Å². The topological polar surface area (TPSA) is 131 Å². The number of nitrogens with zero attached hydrogens (tertiary/aromatic N) is 4. The zero-order valence-corrected chi connectivity index (χ0v) is 14.3.